The third-order valence-electron chi connectivity index (χ3n) is 4.06. The number of primary amides is 1. The van der Waals surface area contributed by atoms with E-state index in [1.807, 2.05) is 17.0 Å². The van der Waals surface area contributed by atoms with Gasteiger partial charge >= 0.3 is 0 Å². The van der Waals surface area contributed by atoms with E-state index < -0.39 is 11.9 Å². The molecule has 1 fully saturated rings. The fourth-order valence-corrected chi connectivity index (χ4v) is 2.77. The molecule has 25 heavy (non-hydrogen) atoms. The molecule has 2 amide bonds. The van der Waals surface area contributed by atoms with Gasteiger partial charge in [-0.15, -0.1) is 0 Å². The zero-order chi connectivity index (χ0) is 17.6. The number of nitrogens with one attached hydrogen (secondary N) is 2. The zero-order valence-corrected chi connectivity index (χ0v) is 13.7. The Hall–Kier alpha value is -3.00. The lowest BCUT2D eigenvalue weighted by molar-refractivity contribution is -0.123. The van der Waals surface area contributed by atoms with E-state index in [1.54, 1.807) is 30.7 Å². The molecule has 1 saturated heterocycles. The molecule has 1 aliphatic heterocycles. The van der Waals surface area contributed by atoms with Gasteiger partial charge in [0.1, 0.15) is 11.9 Å². The number of pyridine rings is 2. The van der Waals surface area contributed by atoms with Gasteiger partial charge in [-0.25, -0.2) is 4.98 Å². The molecule has 4 N–H and O–H groups in total. The monoisotopic (exact) mass is 340 g/mol. The third kappa shape index (κ3) is 4.10. The number of anilines is 1. The van der Waals surface area contributed by atoms with E-state index in [0.29, 0.717) is 37.6 Å². The summed E-state index contributed by atoms with van der Waals surface area (Å²) in [4.78, 5) is 34.2. The predicted molar refractivity (Wildman–Crippen MR) is 92.8 cm³/mol. The maximum Gasteiger partial charge on any atom is 0.252 e. The maximum atomic E-state index is 12.4. The highest BCUT2D eigenvalue weighted by Gasteiger charge is 2.27. The van der Waals surface area contributed by atoms with E-state index in [2.05, 4.69) is 20.6 Å². The standard InChI is InChI=1S/C17H20N6O2/c18-15(24)13-2-1-5-21-16(13)23-9-8-20-14(11-23)17(25)22-10-12-3-6-19-7-4-12/h1-7,14,20H,8-11H2,(H2,18,24)(H,22,25). The Kier molecular flexibility index (Phi) is 5.20. The number of aromatic nitrogens is 2. The number of nitrogens with zero attached hydrogens (tertiary/aromatic N) is 3. The van der Waals surface area contributed by atoms with Crippen LogP contribution in [0, 0.1) is 0 Å². The molecule has 3 heterocycles. The van der Waals surface area contributed by atoms with Crippen LogP contribution in [0.4, 0.5) is 5.82 Å². The molecule has 1 aliphatic rings. The molecule has 1 unspecified atom stereocenters. The van der Waals surface area contributed by atoms with Gasteiger partial charge in [0, 0.05) is 44.8 Å². The summed E-state index contributed by atoms with van der Waals surface area (Å²) >= 11 is 0. The van der Waals surface area contributed by atoms with Crippen molar-refractivity contribution in [1.29, 1.82) is 0 Å². The van der Waals surface area contributed by atoms with Crippen LogP contribution in [0.25, 0.3) is 0 Å². The first kappa shape index (κ1) is 16.8. The van der Waals surface area contributed by atoms with Crippen LogP contribution in [0.15, 0.2) is 42.9 Å². The van der Waals surface area contributed by atoms with Gasteiger partial charge in [-0.3, -0.25) is 14.6 Å². The minimum absolute atomic E-state index is 0.0990. The van der Waals surface area contributed by atoms with Crippen molar-refractivity contribution in [3.63, 3.8) is 0 Å². The minimum Gasteiger partial charge on any atom is -0.365 e. The number of amides is 2. The first-order chi connectivity index (χ1) is 12.1. The number of hydrogen-bond donors (Lipinski definition) is 3. The van der Waals surface area contributed by atoms with Crippen LogP contribution >= 0.6 is 0 Å². The molecule has 8 nitrogen and oxygen atoms in total. The van der Waals surface area contributed by atoms with Gasteiger partial charge in [-0.1, -0.05) is 0 Å². The molecule has 2 aromatic heterocycles. The van der Waals surface area contributed by atoms with E-state index in [1.165, 1.54) is 0 Å². The largest absolute Gasteiger partial charge is 0.365 e. The summed E-state index contributed by atoms with van der Waals surface area (Å²) in [6.07, 6.45) is 4.99. The summed E-state index contributed by atoms with van der Waals surface area (Å²) in [7, 11) is 0. The summed E-state index contributed by atoms with van der Waals surface area (Å²) in [5, 5.41) is 6.10. The molecule has 0 saturated carbocycles. The topological polar surface area (TPSA) is 113 Å². The van der Waals surface area contributed by atoms with Crippen LogP contribution in [-0.2, 0) is 11.3 Å². The van der Waals surface area contributed by atoms with Crippen LogP contribution < -0.4 is 21.3 Å². The number of piperazine rings is 1. The molecule has 3 rings (SSSR count). The van der Waals surface area contributed by atoms with Crippen LogP contribution in [0.2, 0.25) is 0 Å². The molecular formula is C17H20N6O2. The number of nitrogens with two attached hydrogens (primary N) is 1. The van der Waals surface area contributed by atoms with E-state index in [4.69, 9.17) is 5.73 Å². The summed E-state index contributed by atoms with van der Waals surface area (Å²) in [6, 6.07) is 6.64. The first-order valence-electron chi connectivity index (χ1n) is 8.05. The van der Waals surface area contributed by atoms with Gasteiger partial charge in [0.2, 0.25) is 5.91 Å². The first-order valence-corrected chi connectivity index (χ1v) is 8.05. The number of carbonyl (C=O) groups is 2. The lowest BCUT2D eigenvalue weighted by Crippen LogP contribution is -2.57. The Labute approximate surface area is 145 Å². The summed E-state index contributed by atoms with van der Waals surface area (Å²) < 4.78 is 0. The Bertz CT molecular complexity index is 752. The second-order valence-electron chi connectivity index (χ2n) is 5.76. The third-order valence-corrected chi connectivity index (χ3v) is 4.06. The fourth-order valence-electron chi connectivity index (χ4n) is 2.77. The van der Waals surface area contributed by atoms with E-state index in [-0.39, 0.29) is 5.91 Å². The van der Waals surface area contributed by atoms with Crippen LogP contribution in [0.5, 0.6) is 0 Å². The van der Waals surface area contributed by atoms with Crippen molar-refractivity contribution >= 4 is 17.6 Å². The summed E-state index contributed by atoms with van der Waals surface area (Å²) in [5.74, 6) is -0.109. The minimum atomic E-state index is -0.527. The highest BCUT2D eigenvalue weighted by Crippen LogP contribution is 2.18. The van der Waals surface area contributed by atoms with Crippen LogP contribution in [0.3, 0.4) is 0 Å². The van der Waals surface area contributed by atoms with Gasteiger partial charge < -0.3 is 21.3 Å². The molecule has 2 aromatic rings. The lowest BCUT2D eigenvalue weighted by Gasteiger charge is -2.34. The van der Waals surface area contributed by atoms with Gasteiger partial charge in [-0.05, 0) is 29.8 Å². The maximum absolute atomic E-state index is 12.4. The van der Waals surface area contributed by atoms with Crippen molar-refractivity contribution in [2.75, 3.05) is 24.5 Å². The molecule has 8 heteroatoms. The highest BCUT2D eigenvalue weighted by atomic mass is 16.2. The SMILES string of the molecule is NC(=O)c1cccnc1N1CCNC(C(=O)NCc2ccncc2)C1. The number of rotatable bonds is 5. The second kappa shape index (κ2) is 7.71. The van der Waals surface area contributed by atoms with Crippen molar-refractivity contribution in [1.82, 2.24) is 20.6 Å². The molecular weight excluding hydrogens is 320 g/mol. The fraction of sp³-hybridized carbons (Fsp3) is 0.294. The Balaban J connectivity index is 1.65. The smallest absolute Gasteiger partial charge is 0.252 e. The molecule has 1 atom stereocenters. The van der Waals surface area contributed by atoms with Crippen LogP contribution in [-0.4, -0.2) is 47.5 Å². The normalized spacial score (nSPS) is 17.1. The van der Waals surface area contributed by atoms with Gasteiger partial charge in [0.25, 0.3) is 5.91 Å². The predicted octanol–water partition coefficient (Wildman–Crippen LogP) is -0.330. The summed E-state index contributed by atoms with van der Waals surface area (Å²) in [6.45, 7) is 2.11. The van der Waals surface area contributed by atoms with E-state index in [9.17, 15) is 9.59 Å². The van der Waals surface area contributed by atoms with Crippen molar-refractivity contribution in [3.05, 3.63) is 54.0 Å². The van der Waals surface area contributed by atoms with E-state index in [0.717, 1.165) is 5.56 Å². The van der Waals surface area contributed by atoms with Gasteiger partial charge in [-0.2, -0.15) is 0 Å². The van der Waals surface area contributed by atoms with Crippen LogP contribution in [0.1, 0.15) is 15.9 Å². The zero-order valence-electron chi connectivity index (χ0n) is 13.7. The molecule has 0 radical (unpaired) electrons. The summed E-state index contributed by atoms with van der Waals surface area (Å²) in [5.41, 5.74) is 6.77. The average Bonchev–Trinajstić information content (AvgIpc) is 2.67. The van der Waals surface area contributed by atoms with Crippen molar-refractivity contribution < 1.29 is 9.59 Å². The molecule has 0 spiro atoms. The van der Waals surface area contributed by atoms with Crippen molar-refractivity contribution in [3.8, 4) is 0 Å². The van der Waals surface area contributed by atoms with Crippen molar-refractivity contribution in [2.45, 2.75) is 12.6 Å². The van der Waals surface area contributed by atoms with Gasteiger partial charge in [0.15, 0.2) is 0 Å². The Morgan fingerprint density at radius 3 is 2.84 bits per heavy atom. The molecule has 0 aliphatic carbocycles. The lowest BCUT2D eigenvalue weighted by atomic mass is 10.1. The van der Waals surface area contributed by atoms with Crippen molar-refractivity contribution in [2.24, 2.45) is 5.73 Å². The highest BCUT2D eigenvalue weighted by molar-refractivity contribution is 5.97. The Morgan fingerprint density at radius 2 is 2.08 bits per heavy atom. The molecule has 0 bridgehead atoms. The van der Waals surface area contributed by atoms with Gasteiger partial charge in [0.05, 0.1) is 5.56 Å². The average molecular weight is 340 g/mol. The second-order valence-corrected chi connectivity index (χ2v) is 5.76. The molecule has 130 valence electrons. The number of hydrogen-bond acceptors (Lipinski definition) is 6. The molecule has 0 aromatic carbocycles. The van der Waals surface area contributed by atoms with E-state index >= 15 is 0 Å². The Morgan fingerprint density at radius 1 is 1.28 bits per heavy atom. The quantitative estimate of drug-likeness (QED) is 0.687. The number of carbonyl (C=O) groups excluding carboxylic acids is 2.